The van der Waals surface area contributed by atoms with Gasteiger partial charge in [0.05, 0.1) is 18.1 Å². The molecular formula is C19H23NO4. The van der Waals surface area contributed by atoms with Gasteiger partial charge in [0.2, 0.25) is 0 Å². The normalized spacial score (nSPS) is 10.8. The number of aromatic carboxylic acids is 1. The van der Waals surface area contributed by atoms with E-state index >= 15 is 0 Å². The molecule has 0 bridgehead atoms. The van der Waals surface area contributed by atoms with Gasteiger partial charge in [0.15, 0.2) is 0 Å². The summed E-state index contributed by atoms with van der Waals surface area (Å²) >= 11 is 0. The highest BCUT2D eigenvalue weighted by Gasteiger charge is 2.22. The van der Waals surface area contributed by atoms with E-state index in [9.17, 15) is 14.7 Å². The highest BCUT2D eigenvalue weighted by molar-refractivity contribution is 5.92. The molecule has 1 aromatic heterocycles. The van der Waals surface area contributed by atoms with Gasteiger partial charge in [0.25, 0.3) is 0 Å². The summed E-state index contributed by atoms with van der Waals surface area (Å²) < 4.78 is 6.85. The fourth-order valence-corrected chi connectivity index (χ4v) is 2.77. The lowest BCUT2D eigenvalue weighted by Gasteiger charge is -2.09. The number of hydrogen-bond donors (Lipinski definition) is 1. The lowest BCUT2D eigenvalue weighted by molar-refractivity contribution is -0.146. The summed E-state index contributed by atoms with van der Waals surface area (Å²) in [6, 6.07) is 9.92. The molecule has 0 fully saturated rings. The van der Waals surface area contributed by atoms with Gasteiger partial charge in [0, 0.05) is 18.9 Å². The molecule has 128 valence electrons. The molecule has 24 heavy (non-hydrogen) atoms. The molecule has 0 unspecified atom stereocenters. The molecule has 0 atom stereocenters. The number of esters is 1. The van der Waals surface area contributed by atoms with Gasteiger partial charge >= 0.3 is 11.9 Å². The minimum Gasteiger partial charge on any atom is -0.478 e. The largest absolute Gasteiger partial charge is 0.478 e. The molecule has 1 N–H and O–H groups in total. The van der Waals surface area contributed by atoms with E-state index in [1.807, 2.05) is 30.3 Å². The van der Waals surface area contributed by atoms with Gasteiger partial charge in [-0.05, 0) is 37.8 Å². The van der Waals surface area contributed by atoms with Gasteiger partial charge in [0.1, 0.15) is 0 Å². The summed E-state index contributed by atoms with van der Waals surface area (Å²) in [7, 11) is 1.76. The number of benzene rings is 1. The summed E-state index contributed by atoms with van der Waals surface area (Å²) in [4.78, 5) is 23.6. The molecule has 2 aromatic rings. The van der Waals surface area contributed by atoms with Crippen LogP contribution < -0.4 is 0 Å². The Hall–Kier alpha value is -2.56. The third-order valence-corrected chi connectivity index (χ3v) is 3.80. The van der Waals surface area contributed by atoms with E-state index in [1.165, 1.54) is 0 Å². The zero-order valence-electron chi connectivity index (χ0n) is 14.3. The van der Waals surface area contributed by atoms with Crippen molar-refractivity contribution in [2.75, 3.05) is 0 Å². The average molecular weight is 329 g/mol. The van der Waals surface area contributed by atoms with Crippen LogP contribution in [-0.4, -0.2) is 27.7 Å². The lowest BCUT2D eigenvalue weighted by atomic mass is 10.0. The van der Waals surface area contributed by atoms with Crippen LogP contribution in [0, 0.1) is 0 Å². The van der Waals surface area contributed by atoms with E-state index in [-0.39, 0.29) is 18.1 Å². The maximum absolute atomic E-state index is 11.9. The Morgan fingerprint density at radius 2 is 1.83 bits per heavy atom. The van der Waals surface area contributed by atoms with E-state index in [1.54, 1.807) is 31.7 Å². The minimum atomic E-state index is -1.01. The van der Waals surface area contributed by atoms with Crippen LogP contribution in [-0.2, 0) is 35.8 Å². The molecule has 0 spiro atoms. The maximum Gasteiger partial charge on any atom is 0.337 e. The molecule has 0 amide bonds. The van der Waals surface area contributed by atoms with Gasteiger partial charge in [-0.15, -0.1) is 0 Å². The van der Waals surface area contributed by atoms with Crippen LogP contribution in [0.5, 0.6) is 0 Å². The zero-order chi connectivity index (χ0) is 17.7. The van der Waals surface area contributed by atoms with Crippen molar-refractivity contribution in [1.82, 2.24) is 4.57 Å². The average Bonchev–Trinajstić information content (AvgIpc) is 2.81. The summed E-state index contributed by atoms with van der Waals surface area (Å²) in [5.74, 6) is -1.42. The van der Waals surface area contributed by atoms with Crippen LogP contribution >= 0.6 is 0 Å². The number of ether oxygens (including phenoxy) is 1. The first-order valence-corrected chi connectivity index (χ1v) is 8.02. The van der Waals surface area contributed by atoms with Crippen molar-refractivity contribution >= 4 is 11.9 Å². The fraction of sp³-hybridized carbons (Fsp3) is 0.368. The van der Waals surface area contributed by atoms with Gasteiger partial charge < -0.3 is 14.4 Å². The van der Waals surface area contributed by atoms with Crippen LogP contribution in [0.2, 0.25) is 0 Å². The standard InChI is InChI=1S/C19H23NO4/c1-13(2)24-17(21)11-16-18(19(22)23)15(12-20(16)3)10-9-14-7-5-4-6-8-14/h4-8,12-13H,9-11H2,1-3H3,(H,22,23). The number of carbonyl (C=O) groups is 2. The Morgan fingerprint density at radius 3 is 2.42 bits per heavy atom. The highest BCUT2D eigenvalue weighted by atomic mass is 16.5. The maximum atomic E-state index is 11.9. The Balaban J connectivity index is 2.21. The predicted molar refractivity (Wildman–Crippen MR) is 91.2 cm³/mol. The topological polar surface area (TPSA) is 68.5 Å². The van der Waals surface area contributed by atoms with Gasteiger partial charge in [-0.3, -0.25) is 4.79 Å². The first-order valence-electron chi connectivity index (χ1n) is 8.02. The van der Waals surface area contributed by atoms with Crippen molar-refractivity contribution < 1.29 is 19.4 Å². The van der Waals surface area contributed by atoms with E-state index in [0.29, 0.717) is 12.1 Å². The van der Waals surface area contributed by atoms with Crippen LogP contribution in [0.25, 0.3) is 0 Å². The molecule has 0 aliphatic carbocycles. The number of rotatable bonds is 7. The van der Waals surface area contributed by atoms with Crippen molar-refractivity contribution in [3.63, 3.8) is 0 Å². The van der Waals surface area contributed by atoms with E-state index in [0.717, 1.165) is 17.5 Å². The quantitative estimate of drug-likeness (QED) is 0.793. The van der Waals surface area contributed by atoms with Crippen LogP contribution in [0.15, 0.2) is 36.5 Å². The zero-order valence-corrected chi connectivity index (χ0v) is 14.3. The Morgan fingerprint density at radius 1 is 1.17 bits per heavy atom. The van der Waals surface area contributed by atoms with Crippen LogP contribution in [0.4, 0.5) is 0 Å². The van der Waals surface area contributed by atoms with Crippen molar-refractivity contribution in [1.29, 1.82) is 0 Å². The Kier molecular flexibility index (Phi) is 5.79. The molecule has 2 rings (SSSR count). The smallest absolute Gasteiger partial charge is 0.337 e. The number of carboxylic acid groups (broad SMARTS) is 1. The van der Waals surface area contributed by atoms with Gasteiger partial charge in [-0.2, -0.15) is 0 Å². The van der Waals surface area contributed by atoms with Crippen LogP contribution in [0.1, 0.15) is 41.0 Å². The number of nitrogens with zero attached hydrogens (tertiary/aromatic N) is 1. The fourth-order valence-electron chi connectivity index (χ4n) is 2.77. The molecule has 5 nitrogen and oxygen atoms in total. The minimum absolute atomic E-state index is 0.0400. The van der Waals surface area contributed by atoms with Crippen molar-refractivity contribution in [3.8, 4) is 0 Å². The molecule has 5 heteroatoms. The molecule has 1 aromatic carbocycles. The molecule has 0 radical (unpaired) electrons. The first kappa shape index (κ1) is 17.8. The predicted octanol–water partition coefficient (Wildman–Crippen LogP) is 3.00. The first-order chi connectivity index (χ1) is 11.4. The number of hydrogen-bond acceptors (Lipinski definition) is 3. The molecule has 0 aliphatic heterocycles. The lowest BCUT2D eigenvalue weighted by Crippen LogP contribution is -2.17. The van der Waals surface area contributed by atoms with Gasteiger partial charge in [-0.1, -0.05) is 30.3 Å². The summed E-state index contributed by atoms with van der Waals surface area (Å²) in [6.45, 7) is 3.54. The van der Waals surface area contributed by atoms with E-state index in [2.05, 4.69) is 0 Å². The van der Waals surface area contributed by atoms with Gasteiger partial charge in [-0.25, -0.2) is 4.79 Å². The molecule has 0 saturated heterocycles. The van der Waals surface area contributed by atoms with Crippen molar-refractivity contribution in [3.05, 3.63) is 58.9 Å². The summed E-state index contributed by atoms with van der Waals surface area (Å²) in [5, 5.41) is 9.59. The van der Waals surface area contributed by atoms with Crippen molar-refractivity contribution in [2.24, 2.45) is 7.05 Å². The molecule has 0 saturated carbocycles. The second-order valence-electron chi connectivity index (χ2n) is 6.09. The summed E-state index contributed by atoms with van der Waals surface area (Å²) in [5.41, 5.74) is 2.59. The molecule has 1 heterocycles. The summed E-state index contributed by atoms with van der Waals surface area (Å²) in [6.07, 6.45) is 2.90. The molecule has 0 aliphatic rings. The third kappa shape index (κ3) is 4.47. The number of aryl methyl sites for hydroxylation is 3. The van der Waals surface area contributed by atoms with Crippen LogP contribution in [0.3, 0.4) is 0 Å². The van der Waals surface area contributed by atoms with E-state index < -0.39 is 11.9 Å². The highest BCUT2D eigenvalue weighted by Crippen LogP contribution is 2.20. The SMILES string of the molecule is CC(C)OC(=O)Cc1c(C(=O)O)c(CCc2ccccc2)cn1C. The number of carboxylic acids is 1. The van der Waals surface area contributed by atoms with E-state index in [4.69, 9.17) is 4.74 Å². The molecular weight excluding hydrogens is 306 g/mol. The second kappa shape index (κ2) is 7.81. The third-order valence-electron chi connectivity index (χ3n) is 3.80. The number of aromatic nitrogens is 1. The second-order valence-corrected chi connectivity index (χ2v) is 6.09. The number of carbonyl (C=O) groups excluding carboxylic acids is 1. The Bertz CT molecular complexity index is 716. The van der Waals surface area contributed by atoms with Crippen molar-refractivity contribution in [2.45, 2.75) is 39.2 Å². The monoisotopic (exact) mass is 329 g/mol. The Labute approximate surface area is 141 Å².